The standard InChI is InChI=1S/C23H21BrN4O4/c24-15-3-1-14(2-4-15)22(30)26-16-5-6-19-17(11-16)18(23(31)32)12-20(27-19)28-9-7-13(8-10-28)21(25)29/h1-6,11-13H,7-10H2,(H2,25,29)(H,26,30)(H,31,32). The molecule has 1 aliphatic heterocycles. The third-order valence-electron chi connectivity index (χ3n) is 5.61. The molecule has 164 valence electrons. The van der Waals surface area contributed by atoms with Crippen molar-refractivity contribution < 1.29 is 19.5 Å². The Bertz CT molecular complexity index is 1200. The Morgan fingerprint density at radius 2 is 1.75 bits per heavy atom. The Hall–Kier alpha value is -3.46. The number of fused-ring (bicyclic) bond motifs is 1. The van der Waals surface area contributed by atoms with Crippen LogP contribution < -0.4 is 16.0 Å². The maximum atomic E-state index is 12.5. The molecule has 1 saturated heterocycles. The van der Waals surface area contributed by atoms with Crippen LogP contribution in [0, 0.1) is 5.92 Å². The number of carbonyl (C=O) groups is 3. The van der Waals surface area contributed by atoms with Crippen molar-refractivity contribution in [1.82, 2.24) is 4.98 Å². The number of anilines is 2. The van der Waals surface area contributed by atoms with Crippen LogP contribution in [0.3, 0.4) is 0 Å². The topological polar surface area (TPSA) is 126 Å². The highest BCUT2D eigenvalue weighted by molar-refractivity contribution is 9.10. The quantitative estimate of drug-likeness (QED) is 0.494. The number of rotatable bonds is 5. The van der Waals surface area contributed by atoms with E-state index in [1.807, 2.05) is 4.90 Å². The van der Waals surface area contributed by atoms with E-state index in [2.05, 4.69) is 26.2 Å². The second-order valence-electron chi connectivity index (χ2n) is 7.69. The van der Waals surface area contributed by atoms with Gasteiger partial charge in [0.1, 0.15) is 5.82 Å². The molecule has 0 radical (unpaired) electrons. The number of benzene rings is 2. The van der Waals surface area contributed by atoms with Crippen molar-refractivity contribution in [3.05, 3.63) is 64.1 Å². The summed E-state index contributed by atoms with van der Waals surface area (Å²) in [6.45, 7) is 1.15. The zero-order valence-electron chi connectivity index (χ0n) is 17.0. The lowest BCUT2D eigenvalue weighted by Gasteiger charge is -2.31. The van der Waals surface area contributed by atoms with Gasteiger partial charge in [0, 0.05) is 40.1 Å². The van der Waals surface area contributed by atoms with E-state index in [1.54, 1.807) is 42.5 Å². The lowest BCUT2D eigenvalue weighted by molar-refractivity contribution is -0.122. The van der Waals surface area contributed by atoms with E-state index in [9.17, 15) is 19.5 Å². The number of aromatic carboxylic acids is 1. The van der Waals surface area contributed by atoms with Crippen LogP contribution in [0.4, 0.5) is 11.5 Å². The van der Waals surface area contributed by atoms with Crippen molar-refractivity contribution in [2.75, 3.05) is 23.3 Å². The maximum absolute atomic E-state index is 12.5. The lowest BCUT2D eigenvalue weighted by Crippen LogP contribution is -2.39. The van der Waals surface area contributed by atoms with Crippen LogP contribution in [0.5, 0.6) is 0 Å². The molecule has 32 heavy (non-hydrogen) atoms. The van der Waals surface area contributed by atoms with Crippen LogP contribution in [0.25, 0.3) is 10.9 Å². The number of aromatic nitrogens is 1. The second kappa shape index (κ2) is 8.96. The fourth-order valence-corrected chi connectivity index (χ4v) is 4.09. The summed E-state index contributed by atoms with van der Waals surface area (Å²) in [5.41, 5.74) is 6.97. The average Bonchev–Trinajstić information content (AvgIpc) is 2.78. The number of piperidine rings is 1. The zero-order valence-corrected chi connectivity index (χ0v) is 18.6. The highest BCUT2D eigenvalue weighted by Gasteiger charge is 2.25. The summed E-state index contributed by atoms with van der Waals surface area (Å²) in [4.78, 5) is 42.5. The van der Waals surface area contributed by atoms with Gasteiger partial charge in [-0.25, -0.2) is 9.78 Å². The van der Waals surface area contributed by atoms with E-state index in [-0.39, 0.29) is 23.3 Å². The Kier molecular flexibility index (Phi) is 6.09. The molecule has 1 fully saturated rings. The van der Waals surface area contributed by atoms with Crippen LogP contribution in [-0.2, 0) is 4.79 Å². The van der Waals surface area contributed by atoms with Crippen LogP contribution in [-0.4, -0.2) is 41.0 Å². The van der Waals surface area contributed by atoms with Gasteiger partial charge < -0.3 is 21.1 Å². The van der Waals surface area contributed by atoms with Gasteiger partial charge in [-0.15, -0.1) is 0 Å². The molecule has 0 atom stereocenters. The van der Waals surface area contributed by atoms with Crippen molar-refractivity contribution in [3.63, 3.8) is 0 Å². The van der Waals surface area contributed by atoms with Gasteiger partial charge >= 0.3 is 5.97 Å². The maximum Gasteiger partial charge on any atom is 0.336 e. The van der Waals surface area contributed by atoms with Crippen LogP contribution >= 0.6 is 15.9 Å². The minimum absolute atomic E-state index is 0.0989. The fraction of sp³-hybridized carbons (Fsp3) is 0.217. The molecule has 2 aromatic carbocycles. The average molecular weight is 497 g/mol. The predicted molar refractivity (Wildman–Crippen MR) is 125 cm³/mol. The highest BCUT2D eigenvalue weighted by Crippen LogP contribution is 2.29. The normalized spacial score (nSPS) is 14.3. The Morgan fingerprint density at radius 1 is 1.06 bits per heavy atom. The third kappa shape index (κ3) is 4.57. The molecule has 9 heteroatoms. The number of nitrogens with two attached hydrogens (primary N) is 1. The van der Waals surface area contributed by atoms with E-state index < -0.39 is 5.97 Å². The number of hydrogen-bond donors (Lipinski definition) is 3. The molecule has 8 nitrogen and oxygen atoms in total. The number of hydrogen-bond acceptors (Lipinski definition) is 5. The van der Waals surface area contributed by atoms with E-state index in [0.29, 0.717) is 53.9 Å². The molecule has 4 rings (SSSR count). The first-order valence-electron chi connectivity index (χ1n) is 10.1. The zero-order chi connectivity index (χ0) is 22.8. The summed E-state index contributed by atoms with van der Waals surface area (Å²) in [6.07, 6.45) is 1.22. The van der Waals surface area contributed by atoms with Gasteiger partial charge in [-0.1, -0.05) is 15.9 Å². The number of nitrogens with one attached hydrogen (secondary N) is 1. The molecular weight excluding hydrogens is 476 g/mol. The van der Waals surface area contributed by atoms with Gasteiger partial charge in [0.15, 0.2) is 0 Å². The largest absolute Gasteiger partial charge is 0.478 e. The fourth-order valence-electron chi connectivity index (χ4n) is 3.83. The smallest absolute Gasteiger partial charge is 0.336 e. The minimum atomic E-state index is -1.08. The van der Waals surface area contributed by atoms with Gasteiger partial charge in [0.05, 0.1) is 11.1 Å². The molecule has 0 unspecified atom stereocenters. The second-order valence-corrected chi connectivity index (χ2v) is 8.61. The van der Waals surface area contributed by atoms with Gasteiger partial charge in [0.25, 0.3) is 5.91 Å². The molecule has 0 bridgehead atoms. The Morgan fingerprint density at radius 3 is 2.38 bits per heavy atom. The first-order chi connectivity index (χ1) is 15.3. The Labute approximate surface area is 192 Å². The van der Waals surface area contributed by atoms with E-state index in [1.165, 1.54) is 6.07 Å². The summed E-state index contributed by atoms with van der Waals surface area (Å²) in [5, 5.41) is 13.0. The third-order valence-corrected chi connectivity index (χ3v) is 6.14. The van der Waals surface area contributed by atoms with Crippen molar-refractivity contribution in [2.45, 2.75) is 12.8 Å². The molecule has 4 N–H and O–H groups in total. The number of carboxylic acid groups (broad SMARTS) is 1. The molecule has 0 spiro atoms. The number of primary amides is 1. The van der Waals surface area contributed by atoms with Crippen LogP contribution in [0.15, 0.2) is 53.0 Å². The molecule has 0 saturated carbocycles. The van der Waals surface area contributed by atoms with Crippen molar-refractivity contribution >= 4 is 56.1 Å². The molecule has 1 aliphatic rings. The van der Waals surface area contributed by atoms with Crippen molar-refractivity contribution in [2.24, 2.45) is 11.7 Å². The number of carboxylic acids is 1. The van der Waals surface area contributed by atoms with E-state index in [0.717, 1.165) is 4.47 Å². The Balaban J connectivity index is 1.62. The summed E-state index contributed by atoms with van der Waals surface area (Å²) in [5.74, 6) is -1.30. The number of halogens is 1. The monoisotopic (exact) mass is 496 g/mol. The SMILES string of the molecule is NC(=O)C1CCN(c2cc(C(=O)O)c3cc(NC(=O)c4ccc(Br)cc4)ccc3n2)CC1. The van der Waals surface area contributed by atoms with Crippen LogP contribution in [0.1, 0.15) is 33.6 Å². The van der Waals surface area contributed by atoms with E-state index in [4.69, 9.17) is 5.73 Å². The molecule has 2 amide bonds. The first kappa shape index (κ1) is 21.8. The first-order valence-corrected chi connectivity index (χ1v) is 10.9. The number of nitrogens with zero attached hydrogens (tertiary/aromatic N) is 2. The van der Waals surface area contributed by atoms with E-state index >= 15 is 0 Å². The molecule has 3 aromatic rings. The van der Waals surface area contributed by atoms with Gasteiger partial charge in [-0.05, 0) is 61.4 Å². The molecule has 1 aromatic heterocycles. The lowest BCUT2D eigenvalue weighted by atomic mass is 9.96. The van der Waals surface area contributed by atoms with Crippen molar-refractivity contribution in [3.8, 4) is 0 Å². The minimum Gasteiger partial charge on any atom is -0.478 e. The summed E-state index contributed by atoms with van der Waals surface area (Å²) < 4.78 is 0.867. The summed E-state index contributed by atoms with van der Waals surface area (Å²) in [6, 6.07) is 13.5. The number of carbonyl (C=O) groups excluding carboxylic acids is 2. The molecule has 0 aliphatic carbocycles. The van der Waals surface area contributed by atoms with Crippen LogP contribution in [0.2, 0.25) is 0 Å². The van der Waals surface area contributed by atoms with Gasteiger partial charge in [-0.3, -0.25) is 9.59 Å². The molecule has 2 heterocycles. The van der Waals surface area contributed by atoms with Gasteiger partial charge in [-0.2, -0.15) is 0 Å². The number of pyridine rings is 1. The summed E-state index contributed by atoms with van der Waals surface area (Å²) in [7, 11) is 0. The highest BCUT2D eigenvalue weighted by atomic mass is 79.9. The van der Waals surface area contributed by atoms with Gasteiger partial charge in [0.2, 0.25) is 5.91 Å². The predicted octanol–water partition coefficient (Wildman–Crippen LogP) is 3.65. The van der Waals surface area contributed by atoms with Crippen molar-refractivity contribution in [1.29, 1.82) is 0 Å². The summed E-state index contributed by atoms with van der Waals surface area (Å²) >= 11 is 3.34. The molecular formula is C23H21BrN4O4. The number of amides is 2.